The highest BCUT2D eigenvalue weighted by Gasteiger charge is 2.16. The highest BCUT2D eigenvalue weighted by atomic mass is 35.5. The largest absolute Gasteiger partial charge is 0.301 e. The predicted molar refractivity (Wildman–Crippen MR) is 92.2 cm³/mol. The standard InChI is InChI=1S/C18H29ClN2/c1-18(2,3)17-7-5-16(6-8-17)15-21-11-4-10-20(12-9-19)13-14-21/h5-8H,4,9-15H2,1-3H3. The lowest BCUT2D eigenvalue weighted by atomic mass is 9.87. The van der Waals surface area contributed by atoms with Crippen LogP contribution in [0, 0.1) is 0 Å². The monoisotopic (exact) mass is 308 g/mol. The lowest BCUT2D eigenvalue weighted by molar-refractivity contribution is 0.258. The fourth-order valence-electron chi connectivity index (χ4n) is 2.89. The molecule has 0 N–H and O–H groups in total. The van der Waals surface area contributed by atoms with Crippen molar-refractivity contribution in [2.45, 2.75) is 39.2 Å². The third-order valence-electron chi connectivity index (χ3n) is 4.31. The van der Waals surface area contributed by atoms with Crippen LogP contribution in [0.15, 0.2) is 24.3 Å². The predicted octanol–water partition coefficient (Wildman–Crippen LogP) is 3.73. The van der Waals surface area contributed by atoms with E-state index in [2.05, 4.69) is 54.8 Å². The fourth-order valence-corrected chi connectivity index (χ4v) is 3.13. The third kappa shape index (κ3) is 5.28. The van der Waals surface area contributed by atoms with E-state index in [-0.39, 0.29) is 5.41 Å². The van der Waals surface area contributed by atoms with E-state index >= 15 is 0 Å². The molecule has 0 radical (unpaired) electrons. The van der Waals surface area contributed by atoms with Crippen molar-refractivity contribution in [2.24, 2.45) is 0 Å². The van der Waals surface area contributed by atoms with Gasteiger partial charge in [0.1, 0.15) is 0 Å². The number of nitrogens with zero attached hydrogens (tertiary/aromatic N) is 2. The first-order valence-electron chi connectivity index (χ1n) is 8.09. The molecule has 0 unspecified atom stereocenters. The quantitative estimate of drug-likeness (QED) is 0.782. The number of hydrogen-bond donors (Lipinski definition) is 0. The average Bonchev–Trinajstić information content (AvgIpc) is 2.65. The summed E-state index contributed by atoms with van der Waals surface area (Å²) in [5, 5.41) is 0. The Morgan fingerprint density at radius 3 is 2.19 bits per heavy atom. The highest BCUT2D eigenvalue weighted by molar-refractivity contribution is 6.18. The zero-order valence-electron chi connectivity index (χ0n) is 13.7. The van der Waals surface area contributed by atoms with Gasteiger partial charge in [-0.1, -0.05) is 45.0 Å². The van der Waals surface area contributed by atoms with Crippen molar-refractivity contribution in [3.05, 3.63) is 35.4 Å². The van der Waals surface area contributed by atoms with Gasteiger partial charge >= 0.3 is 0 Å². The van der Waals surface area contributed by atoms with Crippen LogP contribution in [0.25, 0.3) is 0 Å². The maximum atomic E-state index is 5.85. The lowest BCUT2D eigenvalue weighted by Gasteiger charge is -2.22. The first-order chi connectivity index (χ1) is 9.99. The van der Waals surface area contributed by atoms with E-state index in [1.807, 2.05) is 0 Å². The van der Waals surface area contributed by atoms with Gasteiger partial charge in [-0.3, -0.25) is 4.90 Å². The minimum absolute atomic E-state index is 0.239. The molecule has 1 fully saturated rings. The van der Waals surface area contributed by atoms with Crippen LogP contribution in [0.4, 0.5) is 0 Å². The number of halogens is 1. The molecule has 21 heavy (non-hydrogen) atoms. The average molecular weight is 309 g/mol. The molecule has 1 aliphatic heterocycles. The Kier molecular flexibility index (Phi) is 6.09. The summed E-state index contributed by atoms with van der Waals surface area (Å²) in [6.07, 6.45) is 1.25. The van der Waals surface area contributed by atoms with Gasteiger partial charge in [-0.2, -0.15) is 0 Å². The van der Waals surface area contributed by atoms with Gasteiger partial charge in [0.25, 0.3) is 0 Å². The van der Waals surface area contributed by atoms with E-state index in [1.54, 1.807) is 0 Å². The molecule has 0 spiro atoms. The molecular formula is C18H29ClN2. The number of rotatable bonds is 4. The zero-order valence-corrected chi connectivity index (χ0v) is 14.5. The minimum atomic E-state index is 0.239. The summed E-state index contributed by atoms with van der Waals surface area (Å²) in [4.78, 5) is 5.05. The lowest BCUT2D eigenvalue weighted by Crippen LogP contribution is -2.31. The Morgan fingerprint density at radius 1 is 0.952 bits per heavy atom. The number of benzene rings is 1. The van der Waals surface area contributed by atoms with Gasteiger partial charge < -0.3 is 4.90 Å². The van der Waals surface area contributed by atoms with Crippen LogP contribution in [0.3, 0.4) is 0 Å². The van der Waals surface area contributed by atoms with E-state index in [0.717, 1.165) is 32.1 Å². The van der Waals surface area contributed by atoms with E-state index < -0.39 is 0 Å². The van der Waals surface area contributed by atoms with Gasteiger partial charge in [0.05, 0.1) is 0 Å². The van der Waals surface area contributed by atoms with Gasteiger partial charge in [0.15, 0.2) is 0 Å². The Labute approximate surface area is 135 Å². The van der Waals surface area contributed by atoms with Crippen LogP contribution in [-0.2, 0) is 12.0 Å². The van der Waals surface area contributed by atoms with Crippen molar-refractivity contribution < 1.29 is 0 Å². The molecule has 0 amide bonds. The Bertz CT molecular complexity index is 422. The summed E-state index contributed by atoms with van der Waals surface area (Å²) in [6, 6.07) is 9.16. The molecule has 1 saturated heterocycles. The van der Waals surface area contributed by atoms with Crippen molar-refractivity contribution in [3.8, 4) is 0 Å². The van der Waals surface area contributed by atoms with Gasteiger partial charge in [0.2, 0.25) is 0 Å². The SMILES string of the molecule is CC(C)(C)c1ccc(CN2CCCN(CCCl)CC2)cc1. The molecule has 2 rings (SSSR count). The molecule has 0 aliphatic carbocycles. The van der Waals surface area contributed by atoms with Gasteiger partial charge in [-0.15, -0.1) is 11.6 Å². The molecule has 1 heterocycles. The van der Waals surface area contributed by atoms with Crippen LogP contribution in [-0.4, -0.2) is 48.4 Å². The van der Waals surface area contributed by atoms with Crippen LogP contribution in [0.2, 0.25) is 0 Å². The number of alkyl halides is 1. The molecule has 118 valence electrons. The van der Waals surface area contributed by atoms with Crippen molar-refractivity contribution in [2.75, 3.05) is 38.6 Å². The second-order valence-electron chi connectivity index (χ2n) is 7.11. The second kappa shape index (κ2) is 7.62. The van der Waals surface area contributed by atoms with E-state index in [9.17, 15) is 0 Å². The Morgan fingerprint density at radius 2 is 1.57 bits per heavy atom. The molecular weight excluding hydrogens is 280 g/mol. The third-order valence-corrected chi connectivity index (χ3v) is 4.48. The molecule has 0 bridgehead atoms. The summed E-state index contributed by atoms with van der Waals surface area (Å²) in [5.74, 6) is 0.744. The van der Waals surface area contributed by atoms with E-state index in [4.69, 9.17) is 11.6 Å². The molecule has 1 aliphatic rings. The van der Waals surface area contributed by atoms with Crippen molar-refractivity contribution in [1.82, 2.24) is 9.80 Å². The molecule has 3 heteroatoms. The fraction of sp³-hybridized carbons (Fsp3) is 0.667. The van der Waals surface area contributed by atoms with Crippen molar-refractivity contribution >= 4 is 11.6 Å². The molecule has 1 aromatic rings. The maximum Gasteiger partial charge on any atom is 0.0351 e. The van der Waals surface area contributed by atoms with Crippen LogP contribution in [0.5, 0.6) is 0 Å². The molecule has 2 nitrogen and oxygen atoms in total. The van der Waals surface area contributed by atoms with Crippen molar-refractivity contribution in [1.29, 1.82) is 0 Å². The molecule has 0 atom stereocenters. The second-order valence-corrected chi connectivity index (χ2v) is 7.49. The van der Waals surface area contributed by atoms with E-state index in [0.29, 0.717) is 0 Å². The minimum Gasteiger partial charge on any atom is -0.301 e. The Hall–Kier alpha value is -0.570. The molecule has 1 aromatic carbocycles. The Balaban J connectivity index is 1.89. The van der Waals surface area contributed by atoms with E-state index in [1.165, 1.54) is 30.6 Å². The summed E-state index contributed by atoms with van der Waals surface area (Å²) >= 11 is 5.85. The van der Waals surface area contributed by atoms with Gasteiger partial charge in [-0.25, -0.2) is 0 Å². The number of hydrogen-bond acceptors (Lipinski definition) is 2. The molecule has 0 saturated carbocycles. The highest BCUT2D eigenvalue weighted by Crippen LogP contribution is 2.22. The van der Waals surface area contributed by atoms with Crippen LogP contribution >= 0.6 is 11.6 Å². The van der Waals surface area contributed by atoms with Gasteiger partial charge in [0, 0.05) is 32.1 Å². The summed E-state index contributed by atoms with van der Waals surface area (Å²) in [5.41, 5.74) is 3.08. The summed E-state index contributed by atoms with van der Waals surface area (Å²) < 4.78 is 0. The van der Waals surface area contributed by atoms with Gasteiger partial charge in [-0.05, 0) is 36.1 Å². The maximum absolute atomic E-state index is 5.85. The topological polar surface area (TPSA) is 6.48 Å². The summed E-state index contributed by atoms with van der Waals surface area (Å²) in [7, 11) is 0. The van der Waals surface area contributed by atoms with Crippen molar-refractivity contribution in [3.63, 3.8) is 0 Å². The van der Waals surface area contributed by atoms with Crippen LogP contribution < -0.4 is 0 Å². The zero-order chi connectivity index (χ0) is 15.3. The van der Waals surface area contributed by atoms with Crippen LogP contribution in [0.1, 0.15) is 38.3 Å². The normalized spacial score (nSPS) is 18.7. The first-order valence-corrected chi connectivity index (χ1v) is 8.62. The molecule has 0 aromatic heterocycles. The summed E-state index contributed by atoms with van der Waals surface area (Å²) in [6.45, 7) is 13.6. The first kappa shape index (κ1) is 16.8. The smallest absolute Gasteiger partial charge is 0.0351 e.